The Kier molecular flexibility index (Phi) is 30.0. The van der Waals surface area contributed by atoms with Crippen LogP contribution in [-0.4, -0.2) is 144 Å². The van der Waals surface area contributed by atoms with Gasteiger partial charge < -0.3 is 82.1 Å². The van der Waals surface area contributed by atoms with Gasteiger partial charge in [0.1, 0.15) is 36.3 Å². The minimum atomic E-state index is -1.30. The molecule has 0 fully saturated rings. The Morgan fingerprint density at radius 1 is 0.571 bits per heavy atom. The van der Waals surface area contributed by atoms with Gasteiger partial charge in [0.15, 0.2) is 5.96 Å². The second-order valence-electron chi connectivity index (χ2n) is 17.2. The second-order valence-corrected chi connectivity index (χ2v) is 18.2. The Bertz CT molecular complexity index is 1950. The fourth-order valence-electron chi connectivity index (χ4n) is 7.56. The molecule has 2 aromatic rings. The molecule has 0 aliphatic rings. The van der Waals surface area contributed by atoms with Gasteiger partial charge in [0.25, 0.3) is 0 Å². The lowest BCUT2D eigenvalue weighted by Crippen LogP contribution is -2.60. The van der Waals surface area contributed by atoms with Crippen molar-refractivity contribution in [2.75, 3.05) is 44.7 Å². The zero-order chi connectivity index (χ0) is 51.8. The Morgan fingerprint density at radius 2 is 0.986 bits per heavy atom. The first kappa shape index (κ1) is 60.6. The van der Waals surface area contributed by atoms with E-state index in [-0.39, 0.29) is 57.5 Å². The van der Waals surface area contributed by atoms with E-state index in [1.54, 1.807) is 6.20 Å². The fraction of sp³-hybridized carbons (Fsp3) is 0.652. The number of nitrogens with one attached hydrogen (secondary N) is 7. The van der Waals surface area contributed by atoms with Crippen LogP contribution in [-0.2, 0) is 40.0 Å². The number of amides is 6. The third kappa shape index (κ3) is 22.9. The van der Waals surface area contributed by atoms with E-state index in [1.807, 2.05) is 30.5 Å². The Hall–Kier alpha value is -5.53. The van der Waals surface area contributed by atoms with E-state index in [1.165, 1.54) is 11.8 Å². The number of H-pyrrole nitrogens is 1. The molecule has 1 aromatic carbocycles. The first-order chi connectivity index (χ1) is 33.6. The maximum atomic E-state index is 14.5. The normalized spacial score (nSPS) is 14.2. The lowest BCUT2D eigenvalue weighted by Gasteiger charge is -2.28. The molecule has 23 nitrogen and oxygen atoms in total. The zero-order valence-electron chi connectivity index (χ0n) is 40.7. The van der Waals surface area contributed by atoms with Crippen LogP contribution in [0.15, 0.2) is 35.5 Å². The van der Waals surface area contributed by atoms with E-state index in [2.05, 4.69) is 41.9 Å². The number of nitrogens with zero attached hydrogens (tertiary/aromatic N) is 1. The SMILES string of the molecule is CSCC[C@H](NC(=O)[C@H](CCCCN)NC(=O)[C@@H](N)CCCN=C(N)N)C(=O)N[C@@H](CCCCN)C(=O)N[C@@H](Cc1c[nH]c2ccccc12)C(=O)N[C@@H](CCCCN)C(=O)N[C@@H](CCCCN)C(=O)O. The molecule has 0 aliphatic carbocycles. The summed E-state index contributed by atoms with van der Waals surface area (Å²) in [5.74, 6) is -4.90. The van der Waals surface area contributed by atoms with E-state index in [4.69, 9.17) is 40.1 Å². The van der Waals surface area contributed by atoms with Gasteiger partial charge in [-0.15, -0.1) is 0 Å². The van der Waals surface area contributed by atoms with Crippen LogP contribution in [0.3, 0.4) is 0 Å². The number of rotatable bonds is 38. The summed E-state index contributed by atoms with van der Waals surface area (Å²) in [5.41, 5.74) is 41.3. The number of aliphatic imine (C=N–C) groups is 1. The number of carbonyl (C=O) groups is 7. The summed E-state index contributed by atoms with van der Waals surface area (Å²) in [6.07, 6.45) is 8.87. The molecule has 1 aromatic heterocycles. The largest absolute Gasteiger partial charge is 0.480 e. The van der Waals surface area contributed by atoms with Crippen molar-refractivity contribution >= 4 is 70.0 Å². The van der Waals surface area contributed by atoms with Crippen molar-refractivity contribution in [3.63, 3.8) is 0 Å². The molecule has 0 spiro atoms. The average molecular weight is 1000 g/mol. The molecule has 0 saturated heterocycles. The summed E-state index contributed by atoms with van der Waals surface area (Å²) in [4.78, 5) is 103. The van der Waals surface area contributed by atoms with Crippen LogP contribution in [0.25, 0.3) is 10.9 Å². The van der Waals surface area contributed by atoms with E-state index >= 15 is 0 Å². The van der Waals surface area contributed by atoms with Crippen molar-refractivity contribution in [2.45, 2.75) is 145 Å². The summed E-state index contributed by atoms with van der Waals surface area (Å²) in [6, 6.07) is -0.707. The first-order valence-corrected chi connectivity index (χ1v) is 25.7. The zero-order valence-corrected chi connectivity index (χ0v) is 41.5. The number of thioether (sulfide) groups is 1. The van der Waals surface area contributed by atoms with Crippen molar-refractivity contribution in [1.29, 1.82) is 0 Å². The highest BCUT2D eigenvalue weighted by Gasteiger charge is 2.34. The van der Waals surface area contributed by atoms with Gasteiger partial charge in [-0.1, -0.05) is 18.2 Å². The van der Waals surface area contributed by atoms with Crippen molar-refractivity contribution in [2.24, 2.45) is 45.1 Å². The Balaban J connectivity index is 2.46. The summed E-state index contributed by atoms with van der Waals surface area (Å²) in [6.45, 7) is 1.61. The van der Waals surface area contributed by atoms with Crippen LogP contribution in [0.4, 0.5) is 0 Å². The number of carboxylic acid groups (broad SMARTS) is 1. The van der Waals surface area contributed by atoms with Crippen molar-refractivity contribution in [3.05, 3.63) is 36.0 Å². The number of carbonyl (C=O) groups excluding carboxylic acids is 6. The number of aliphatic carboxylic acids is 1. The molecular weight excluding hydrogens is 923 g/mol. The third-order valence-electron chi connectivity index (χ3n) is 11.6. The molecule has 0 saturated carbocycles. The monoisotopic (exact) mass is 1000 g/mol. The molecule has 0 aliphatic heterocycles. The number of nitrogens with two attached hydrogens (primary N) is 7. The second kappa shape index (κ2) is 34.7. The highest BCUT2D eigenvalue weighted by Crippen LogP contribution is 2.20. The van der Waals surface area contributed by atoms with Gasteiger partial charge in [-0.3, -0.25) is 33.8 Å². The maximum absolute atomic E-state index is 14.5. The van der Waals surface area contributed by atoms with Crippen LogP contribution < -0.4 is 72.0 Å². The molecule has 24 heteroatoms. The van der Waals surface area contributed by atoms with Crippen LogP contribution in [0.5, 0.6) is 0 Å². The van der Waals surface area contributed by atoms with E-state index < -0.39 is 83.7 Å². The van der Waals surface area contributed by atoms with Gasteiger partial charge in [0, 0.05) is 30.1 Å². The standard InChI is InChI=1S/C46H81N15O8S/c1-70-26-20-36(59-40(63)33(16-4-8-21-47)56-39(62)31(51)14-12-25-54-46(52)53)43(66)57-35(18-6-10-23-49)42(65)61-38(27-29-28-55-32-15-3-2-13-30(29)32)44(67)58-34(17-5-9-22-48)41(64)60-37(45(68)69)19-7-11-24-50/h2-3,13,15,28,31,33-38,55H,4-12,14,16-27,47-51H2,1H3,(H,56,62)(H,57,66)(H,58,67)(H,59,63)(H,60,64)(H,61,65)(H,68,69)(H4,52,53,54)/t31-,33-,34-,35-,36-,37-,38-/m0/s1. The molecule has 0 bridgehead atoms. The highest BCUT2D eigenvalue weighted by molar-refractivity contribution is 7.98. The van der Waals surface area contributed by atoms with Gasteiger partial charge in [-0.25, -0.2) is 4.79 Å². The number of hydrogen-bond acceptors (Lipinski definition) is 14. The fourth-order valence-corrected chi connectivity index (χ4v) is 8.03. The van der Waals surface area contributed by atoms with Crippen LogP contribution in [0.1, 0.15) is 102 Å². The molecule has 0 unspecified atom stereocenters. The van der Waals surface area contributed by atoms with Crippen LogP contribution in [0.2, 0.25) is 0 Å². The van der Waals surface area contributed by atoms with Crippen molar-refractivity contribution < 1.29 is 38.7 Å². The number of aromatic amines is 1. The predicted octanol–water partition coefficient (Wildman–Crippen LogP) is -1.65. The van der Waals surface area contributed by atoms with E-state index in [9.17, 15) is 38.7 Å². The number of para-hydroxylation sites is 1. The van der Waals surface area contributed by atoms with E-state index in [0.717, 1.165) is 10.9 Å². The van der Waals surface area contributed by atoms with E-state index in [0.29, 0.717) is 95.3 Å². The quantitative estimate of drug-likeness (QED) is 0.0204. The Morgan fingerprint density at radius 3 is 1.44 bits per heavy atom. The van der Waals surface area contributed by atoms with Crippen molar-refractivity contribution in [1.82, 2.24) is 36.9 Å². The average Bonchev–Trinajstić information content (AvgIpc) is 3.74. The molecule has 7 atom stereocenters. The predicted molar refractivity (Wildman–Crippen MR) is 274 cm³/mol. The molecule has 22 N–H and O–H groups in total. The topological polar surface area (TPSA) is 422 Å². The van der Waals surface area contributed by atoms with Crippen molar-refractivity contribution in [3.8, 4) is 0 Å². The number of hydrogen-bond donors (Lipinski definition) is 15. The molecule has 70 heavy (non-hydrogen) atoms. The molecular formula is C46H81N15O8S. The molecule has 0 radical (unpaired) electrons. The smallest absolute Gasteiger partial charge is 0.326 e. The minimum absolute atomic E-state index is 0.0391. The number of guanidine groups is 1. The third-order valence-corrected chi connectivity index (χ3v) is 12.2. The van der Waals surface area contributed by atoms with Crippen LogP contribution in [0, 0.1) is 0 Å². The minimum Gasteiger partial charge on any atom is -0.480 e. The van der Waals surface area contributed by atoms with Gasteiger partial charge in [-0.2, -0.15) is 11.8 Å². The summed E-state index contributed by atoms with van der Waals surface area (Å²) in [7, 11) is 0. The summed E-state index contributed by atoms with van der Waals surface area (Å²) >= 11 is 1.44. The van der Waals surface area contributed by atoms with Gasteiger partial charge in [-0.05, 0) is 146 Å². The molecule has 394 valence electrons. The number of aromatic nitrogens is 1. The van der Waals surface area contributed by atoms with Crippen LogP contribution >= 0.6 is 11.8 Å². The summed E-state index contributed by atoms with van der Waals surface area (Å²) < 4.78 is 0. The number of carboxylic acids is 1. The number of benzene rings is 1. The highest BCUT2D eigenvalue weighted by atomic mass is 32.2. The van der Waals surface area contributed by atoms with Gasteiger partial charge in [0.2, 0.25) is 35.4 Å². The Labute approximate surface area is 415 Å². The molecule has 6 amide bonds. The molecule has 1 heterocycles. The summed E-state index contributed by atoms with van der Waals surface area (Å²) in [5, 5.41) is 27.2. The first-order valence-electron chi connectivity index (χ1n) is 24.3. The maximum Gasteiger partial charge on any atom is 0.326 e. The van der Waals surface area contributed by atoms with Gasteiger partial charge >= 0.3 is 5.97 Å². The lowest BCUT2D eigenvalue weighted by molar-refractivity contribution is -0.142. The molecule has 2 rings (SSSR count). The number of fused-ring (bicyclic) bond motifs is 1. The van der Waals surface area contributed by atoms with Gasteiger partial charge in [0.05, 0.1) is 6.04 Å². The lowest BCUT2D eigenvalue weighted by atomic mass is 10.0. The number of unbranched alkanes of at least 4 members (excludes halogenated alkanes) is 4.